The van der Waals surface area contributed by atoms with Crippen LogP contribution in [-0.2, 0) is 21.1 Å². The smallest absolute Gasteiger partial charge is 0.223 e. The fourth-order valence-electron chi connectivity index (χ4n) is 2.85. The van der Waals surface area contributed by atoms with E-state index in [-0.39, 0.29) is 23.5 Å². The van der Waals surface area contributed by atoms with Crippen molar-refractivity contribution in [2.45, 2.75) is 32.2 Å². The summed E-state index contributed by atoms with van der Waals surface area (Å²) in [6.45, 7) is 2.46. The van der Waals surface area contributed by atoms with Crippen molar-refractivity contribution in [1.82, 2.24) is 4.90 Å². The minimum Gasteiger partial charge on any atom is -0.497 e. The zero-order chi connectivity index (χ0) is 16.2. The maximum Gasteiger partial charge on any atom is 0.223 e. The van der Waals surface area contributed by atoms with Crippen LogP contribution in [0.5, 0.6) is 5.75 Å². The summed E-state index contributed by atoms with van der Waals surface area (Å²) < 4.78 is 28.3. The third-order valence-electron chi connectivity index (χ3n) is 4.10. The Labute approximate surface area is 132 Å². The van der Waals surface area contributed by atoms with Gasteiger partial charge in [-0.25, -0.2) is 8.42 Å². The van der Waals surface area contributed by atoms with Crippen LogP contribution < -0.4 is 4.74 Å². The quantitative estimate of drug-likeness (QED) is 0.798. The van der Waals surface area contributed by atoms with Crippen LogP contribution in [0.15, 0.2) is 24.3 Å². The van der Waals surface area contributed by atoms with Crippen molar-refractivity contribution in [2.75, 3.05) is 25.2 Å². The second-order valence-electron chi connectivity index (χ2n) is 5.58. The van der Waals surface area contributed by atoms with E-state index in [1.165, 1.54) is 0 Å². The summed E-state index contributed by atoms with van der Waals surface area (Å²) in [5, 5.41) is 0. The van der Waals surface area contributed by atoms with E-state index < -0.39 is 9.84 Å². The molecule has 0 bridgehead atoms. The summed E-state index contributed by atoms with van der Waals surface area (Å²) in [7, 11) is -1.35. The molecular weight excluding hydrogens is 302 g/mol. The molecule has 1 aliphatic rings. The van der Waals surface area contributed by atoms with E-state index >= 15 is 0 Å². The van der Waals surface area contributed by atoms with Crippen LogP contribution in [0.25, 0.3) is 0 Å². The number of rotatable bonds is 6. The lowest BCUT2D eigenvalue weighted by Gasteiger charge is -2.27. The number of hydrogen-bond donors (Lipinski definition) is 0. The topological polar surface area (TPSA) is 63.7 Å². The summed E-state index contributed by atoms with van der Waals surface area (Å²) in [6, 6.07) is 7.49. The number of hydrogen-bond acceptors (Lipinski definition) is 4. The second kappa shape index (κ2) is 7.13. The molecule has 0 aromatic heterocycles. The van der Waals surface area contributed by atoms with E-state index in [4.69, 9.17) is 4.74 Å². The van der Waals surface area contributed by atoms with Gasteiger partial charge in [-0.15, -0.1) is 0 Å². The van der Waals surface area contributed by atoms with Gasteiger partial charge in [0.15, 0.2) is 9.84 Å². The van der Waals surface area contributed by atoms with Gasteiger partial charge in [-0.2, -0.15) is 0 Å². The van der Waals surface area contributed by atoms with Crippen molar-refractivity contribution in [3.8, 4) is 5.75 Å². The zero-order valence-electron chi connectivity index (χ0n) is 13.1. The van der Waals surface area contributed by atoms with Crippen LogP contribution in [0.1, 0.15) is 25.3 Å². The molecule has 0 radical (unpaired) electrons. The molecule has 1 aromatic carbocycles. The number of amides is 1. The lowest BCUT2D eigenvalue weighted by molar-refractivity contribution is -0.132. The largest absolute Gasteiger partial charge is 0.497 e. The van der Waals surface area contributed by atoms with Gasteiger partial charge in [0, 0.05) is 19.0 Å². The number of carbonyl (C=O) groups is 1. The lowest BCUT2D eigenvalue weighted by Crippen LogP contribution is -2.41. The average molecular weight is 325 g/mol. The lowest BCUT2D eigenvalue weighted by atomic mass is 10.1. The summed E-state index contributed by atoms with van der Waals surface area (Å²) in [6.07, 6.45) is 1.61. The second-order valence-corrected chi connectivity index (χ2v) is 7.81. The summed E-state index contributed by atoms with van der Waals surface area (Å²) in [4.78, 5) is 14.1. The first-order valence-corrected chi connectivity index (χ1v) is 9.40. The molecule has 0 N–H and O–H groups in total. The molecule has 2 rings (SSSR count). The third kappa shape index (κ3) is 4.22. The Morgan fingerprint density at radius 1 is 1.32 bits per heavy atom. The molecule has 122 valence electrons. The van der Waals surface area contributed by atoms with Crippen LogP contribution >= 0.6 is 0 Å². The third-order valence-corrected chi connectivity index (χ3v) is 5.85. The Morgan fingerprint density at radius 2 is 2.00 bits per heavy atom. The predicted octanol–water partition coefficient (Wildman–Crippen LogP) is 1.66. The first-order valence-electron chi connectivity index (χ1n) is 7.58. The Balaban J connectivity index is 1.92. The Hall–Kier alpha value is -1.56. The van der Waals surface area contributed by atoms with E-state index in [1.54, 1.807) is 12.0 Å². The monoisotopic (exact) mass is 325 g/mol. The van der Waals surface area contributed by atoms with Gasteiger partial charge in [-0.1, -0.05) is 12.1 Å². The van der Waals surface area contributed by atoms with Gasteiger partial charge in [0.25, 0.3) is 0 Å². The van der Waals surface area contributed by atoms with Crippen LogP contribution in [0.3, 0.4) is 0 Å². The normalized spacial score (nSPS) is 19.8. The fourth-order valence-corrected chi connectivity index (χ4v) is 4.58. The van der Waals surface area contributed by atoms with Gasteiger partial charge < -0.3 is 9.64 Å². The highest BCUT2D eigenvalue weighted by atomic mass is 32.2. The number of ether oxygens (including phenoxy) is 1. The molecule has 1 amide bonds. The van der Waals surface area contributed by atoms with Gasteiger partial charge in [-0.3, -0.25) is 4.79 Å². The van der Waals surface area contributed by atoms with Crippen LogP contribution in [-0.4, -0.2) is 50.4 Å². The van der Waals surface area contributed by atoms with Crippen molar-refractivity contribution in [3.05, 3.63) is 29.8 Å². The molecule has 1 unspecified atom stereocenters. The molecule has 1 aromatic rings. The molecule has 0 spiro atoms. The van der Waals surface area contributed by atoms with E-state index in [0.717, 1.165) is 11.3 Å². The maximum absolute atomic E-state index is 12.4. The molecule has 1 aliphatic heterocycles. The Bertz CT molecular complexity index is 610. The highest BCUT2D eigenvalue weighted by Gasteiger charge is 2.33. The van der Waals surface area contributed by atoms with Crippen molar-refractivity contribution in [2.24, 2.45) is 0 Å². The van der Waals surface area contributed by atoms with E-state index in [1.807, 2.05) is 31.2 Å². The fraction of sp³-hybridized carbons (Fsp3) is 0.562. The van der Waals surface area contributed by atoms with Gasteiger partial charge in [0.1, 0.15) is 5.75 Å². The number of methoxy groups -OCH3 is 1. The molecule has 1 saturated heterocycles. The minimum atomic E-state index is -2.97. The molecule has 1 fully saturated rings. The van der Waals surface area contributed by atoms with Gasteiger partial charge in [0.2, 0.25) is 5.91 Å². The van der Waals surface area contributed by atoms with Crippen LogP contribution in [0, 0.1) is 0 Å². The standard InChI is InChI=1S/C16H23NO4S/c1-3-17(14-10-11-22(19,20)12-14)16(18)9-6-13-4-7-15(21-2)8-5-13/h4-5,7-8,14H,3,6,9-12H2,1-2H3. The number of benzene rings is 1. The zero-order valence-corrected chi connectivity index (χ0v) is 13.9. The van der Waals surface area contributed by atoms with E-state index in [2.05, 4.69) is 0 Å². The van der Waals surface area contributed by atoms with Crippen molar-refractivity contribution in [1.29, 1.82) is 0 Å². The number of nitrogens with zero attached hydrogens (tertiary/aromatic N) is 1. The summed E-state index contributed by atoms with van der Waals surface area (Å²) in [5.41, 5.74) is 1.07. The molecule has 1 heterocycles. The molecule has 1 atom stereocenters. The van der Waals surface area contributed by atoms with Gasteiger partial charge >= 0.3 is 0 Å². The molecule has 22 heavy (non-hydrogen) atoms. The van der Waals surface area contributed by atoms with Crippen molar-refractivity contribution < 1.29 is 17.9 Å². The molecule has 0 aliphatic carbocycles. The van der Waals surface area contributed by atoms with Crippen LogP contribution in [0.2, 0.25) is 0 Å². The molecule has 6 heteroatoms. The summed E-state index contributed by atoms with van der Waals surface area (Å²) >= 11 is 0. The molecule has 0 saturated carbocycles. The highest BCUT2D eigenvalue weighted by molar-refractivity contribution is 7.91. The maximum atomic E-state index is 12.4. The van der Waals surface area contributed by atoms with Crippen LogP contribution in [0.4, 0.5) is 0 Å². The SMILES string of the molecule is CCN(C(=O)CCc1ccc(OC)cc1)C1CCS(=O)(=O)C1. The number of sulfone groups is 1. The van der Waals surface area contributed by atoms with Gasteiger partial charge in [0.05, 0.1) is 18.6 Å². The minimum absolute atomic E-state index is 0.0282. The Kier molecular flexibility index (Phi) is 5.45. The predicted molar refractivity (Wildman–Crippen MR) is 85.8 cm³/mol. The van der Waals surface area contributed by atoms with Crippen molar-refractivity contribution >= 4 is 15.7 Å². The first-order chi connectivity index (χ1) is 10.4. The van der Waals surface area contributed by atoms with E-state index in [9.17, 15) is 13.2 Å². The first kappa shape index (κ1) is 16.8. The van der Waals surface area contributed by atoms with Crippen molar-refractivity contribution in [3.63, 3.8) is 0 Å². The number of aryl methyl sites for hydroxylation is 1. The average Bonchev–Trinajstić information content (AvgIpc) is 2.86. The highest BCUT2D eigenvalue weighted by Crippen LogP contribution is 2.19. The van der Waals surface area contributed by atoms with Gasteiger partial charge in [-0.05, 0) is 37.5 Å². The Morgan fingerprint density at radius 3 is 2.50 bits per heavy atom. The van der Waals surface area contributed by atoms with E-state index in [0.29, 0.717) is 25.8 Å². The number of carbonyl (C=O) groups excluding carboxylic acids is 1. The molecular formula is C16H23NO4S. The molecule has 5 nitrogen and oxygen atoms in total. The summed E-state index contributed by atoms with van der Waals surface area (Å²) in [5.74, 6) is 1.12.